The summed E-state index contributed by atoms with van der Waals surface area (Å²) in [7, 11) is 4.58. The van der Waals surface area contributed by atoms with E-state index in [1.54, 1.807) is 19.9 Å². The average molecular weight is 467 g/mol. The summed E-state index contributed by atoms with van der Waals surface area (Å²) in [4.78, 5) is 4.24. The fraction of sp³-hybridized carbons (Fsp3) is 0.520. The van der Waals surface area contributed by atoms with Gasteiger partial charge in [0.25, 0.3) is 0 Å². The number of β-amino-alcohol motifs (C(OH)–C–C–N with tert-alkyl or cyclic N) is 1. The Morgan fingerprint density at radius 1 is 1.06 bits per heavy atom. The zero-order chi connectivity index (χ0) is 23.8. The molecule has 32 heavy (non-hydrogen) atoms. The second kappa shape index (κ2) is 12.4. The number of rotatable bonds is 1. The molecule has 0 saturated carbocycles. The van der Waals surface area contributed by atoms with E-state index in [-0.39, 0.29) is 17.8 Å². The van der Waals surface area contributed by atoms with Gasteiger partial charge in [-0.3, -0.25) is 0 Å². The number of fused-ring (bicyclic) bond motifs is 2. The fourth-order valence-electron chi connectivity index (χ4n) is 3.71. The lowest BCUT2D eigenvalue weighted by atomic mass is 10.2. The Morgan fingerprint density at radius 3 is 2.44 bits per heavy atom. The molecule has 2 saturated heterocycles. The Balaban J connectivity index is 0.000000212. The molecule has 0 aromatic carbocycles. The van der Waals surface area contributed by atoms with Crippen LogP contribution < -0.4 is 0 Å². The Morgan fingerprint density at radius 2 is 1.78 bits per heavy atom. The number of ether oxygens (including phenoxy) is 1. The monoisotopic (exact) mass is 466 g/mol. The van der Waals surface area contributed by atoms with E-state index in [9.17, 15) is 13.9 Å². The number of hydrogen-bond acceptors (Lipinski definition) is 4. The lowest BCUT2D eigenvalue weighted by Gasteiger charge is -2.20. The summed E-state index contributed by atoms with van der Waals surface area (Å²) in [6.07, 6.45) is 8.84. The summed E-state index contributed by atoms with van der Waals surface area (Å²) >= 11 is 0. The topological polar surface area (TPSA) is 35.9 Å². The molecule has 1 N–H and O–H groups in total. The van der Waals surface area contributed by atoms with Crippen LogP contribution in [-0.2, 0) is 4.74 Å². The van der Waals surface area contributed by atoms with Gasteiger partial charge in [0, 0.05) is 49.9 Å². The van der Waals surface area contributed by atoms with Crippen LogP contribution in [0.15, 0.2) is 69.6 Å². The van der Waals surface area contributed by atoms with Gasteiger partial charge in [-0.15, -0.1) is 9.24 Å². The highest BCUT2D eigenvalue weighted by atomic mass is 31.0. The standard InChI is InChI=1S/C12H17FNOP.C11H14FNO.C2H6/c1-8-11(13)3-2-9(6-12(8)16)14-5-4-10(15)7-14;1-8-10(12)4-3-9-7-11(8)14-6-5-13(9)2;1-2/h3,6,10,15H,2,4-5,7,16H2,1H3;3-4H,5-7H2,1-2H3;1-2H3/t10-;;/m0../s1. The van der Waals surface area contributed by atoms with Gasteiger partial charge in [0.2, 0.25) is 0 Å². The third kappa shape index (κ3) is 6.79. The molecule has 2 aliphatic carbocycles. The van der Waals surface area contributed by atoms with E-state index >= 15 is 0 Å². The van der Waals surface area contributed by atoms with Crippen LogP contribution in [-0.4, -0.2) is 54.3 Å². The highest BCUT2D eigenvalue weighted by Gasteiger charge is 2.23. The molecule has 0 aromatic heterocycles. The van der Waals surface area contributed by atoms with Crippen LogP contribution in [0.4, 0.5) is 8.78 Å². The number of halogens is 2. The quantitative estimate of drug-likeness (QED) is 0.501. The zero-order valence-corrected chi connectivity index (χ0v) is 21.1. The van der Waals surface area contributed by atoms with Gasteiger partial charge in [-0.2, -0.15) is 0 Å². The number of allylic oxidation sites excluding steroid dienone is 9. The summed E-state index contributed by atoms with van der Waals surface area (Å²) in [5.41, 5.74) is 3.52. The van der Waals surface area contributed by atoms with Crippen molar-refractivity contribution in [3.63, 3.8) is 0 Å². The minimum Gasteiger partial charge on any atom is -0.495 e. The Kier molecular flexibility index (Phi) is 10.2. The number of nitrogens with zero attached hydrogens (tertiary/aromatic N) is 2. The van der Waals surface area contributed by atoms with Gasteiger partial charge >= 0.3 is 0 Å². The predicted octanol–water partition coefficient (Wildman–Crippen LogP) is 5.73. The van der Waals surface area contributed by atoms with Crippen molar-refractivity contribution >= 4 is 9.24 Å². The molecule has 2 fully saturated rings. The molecule has 2 bridgehead atoms. The molecule has 4 rings (SSSR count). The number of aliphatic hydroxyl groups is 1. The lowest BCUT2D eigenvalue weighted by molar-refractivity contribution is 0.183. The minimum atomic E-state index is -0.240. The molecule has 0 aromatic rings. The molecule has 7 heteroatoms. The first kappa shape index (κ1) is 26.3. The first-order valence-corrected chi connectivity index (χ1v) is 11.9. The smallest absolute Gasteiger partial charge is 0.129 e. The van der Waals surface area contributed by atoms with Crippen LogP contribution >= 0.6 is 9.24 Å². The Hall–Kier alpha value is -1.91. The molecule has 0 amide bonds. The maximum atomic E-state index is 13.5. The normalized spacial score (nSPS) is 23.2. The number of likely N-dealkylation sites (tertiary alicyclic amines) is 1. The molecule has 4 nitrogen and oxygen atoms in total. The summed E-state index contributed by atoms with van der Waals surface area (Å²) in [5, 5.41) is 10.4. The van der Waals surface area contributed by atoms with Gasteiger partial charge in [0.05, 0.1) is 12.6 Å². The van der Waals surface area contributed by atoms with E-state index in [0.29, 0.717) is 37.1 Å². The molecule has 178 valence electrons. The van der Waals surface area contributed by atoms with Crippen LogP contribution in [0.2, 0.25) is 0 Å². The number of hydrogen-bond donors (Lipinski definition) is 1. The summed E-state index contributed by atoms with van der Waals surface area (Å²) in [5.74, 6) is 0.438. The predicted molar refractivity (Wildman–Crippen MR) is 131 cm³/mol. The van der Waals surface area contributed by atoms with Gasteiger partial charge < -0.3 is 19.6 Å². The van der Waals surface area contributed by atoms with Gasteiger partial charge in [-0.1, -0.05) is 13.8 Å². The molecule has 2 heterocycles. The van der Waals surface area contributed by atoms with E-state index < -0.39 is 0 Å². The van der Waals surface area contributed by atoms with E-state index in [0.717, 1.165) is 42.0 Å². The van der Waals surface area contributed by atoms with Crippen molar-refractivity contribution in [2.75, 3.05) is 33.3 Å². The van der Waals surface area contributed by atoms with Crippen molar-refractivity contribution in [2.45, 2.75) is 53.1 Å². The van der Waals surface area contributed by atoms with Gasteiger partial charge in [-0.25, -0.2) is 8.78 Å². The fourth-order valence-corrected chi connectivity index (χ4v) is 4.04. The first-order valence-electron chi connectivity index (χ1n) is 11.3. The van der Waals surface area contributed by atoms with Gasteiger partial charge in [-0.05, 0) is 55.5 Å². The number of aliphatic hydroxyl groups excluding tert-OH is 1. The van der Waals surface area contributed by atoms with Crippen molar-refractivity contribution < 1.29 is 18.6 Å². The third-order valence-electron chi connectivity index (χ3n) is 5.91. The summed E-state index contributed by atoms with van der Waals surface area (Å²) in [6.45, 7) is 10.6. The molecule has 0 spiro atoms. The second-order valence-electron chi connectivity index (χ2n) is 8.03. The molecule has 0 radical (unpaired) electrons. The second-order valence-corrected chi connectivity index (χ2v) is 8.65. The molecular weight excluding hydrogens is 429 g/mol. The highest BCUT2D eigenvalue weighted by molar-refractivity contribution is 7.23. The Labute approximate surface area is 193 Å². The SMILES string of the molecule is CC.CC1=C(P)C=C(N2CC[C@H](O)C2)CC=C1F.CC1=C2CC(=CC=C1F)N(C)CCO2. The average Bonchev–Trinajstić information content (AvgIpc) is 3.00. The van der Waals surface area contributed by atoms with E-state index in [1.807, 2.05) is 33.0 Å². The van der Waals surface area contributed by atoms with Crippen LogP contribution in [0.3, 0.4) is 0 Å². The van der Waals surface area contributed by atoms with Gasteiger partial charge in [0.1, 0.15) is 24.0 Å². The number of likely N-dealkylation sites (N-methyl/N-ethyl adjacent to an activating group) is 1. The van der Waals surface area contributed by atoms with Crippen LogP contribution in [0.5, 0.6) is 0 Å². The summed E-state index contributed by atoms with van der Waals surface area (Å²) in [6, 6.07) is 0. The van der Waals surface area contributed by atoms with E-state index in [4.69, 9.17) is 4.74 Å². The Bertz CT molecular complexity index is 871. The molecule has 4 aliphatic rings. The van der Waals surface area contributed by atoms with Gasteiger partial charge in [0.15, 0.2) is 0 Å². The zero-order valence-electron chi connectivity index (χ0n) is 19.9. The minimum absolute atomic E-state index is 0.143. The first-order chi connectivity index (χ1) is 15.3. The highest BCUT2D eigenvalue weighted by Crippen LogP contribution is 2.31. The van der Waals surface area contributed by atoms with E-state index in [2.05, 4.69) is 19.0 Å². The van der Waals surface area contributed by atoms with Crippen LogP contribution in [0.25, 0.3) is 0 Å². The maximum absolute atomic E-state index is 13.5. The largest absolute Gasteiger partial charge is 0.495 e. The van der Waals surface area contributed by atoms with Crippen LogP contribution in [0.1, 0.15) is 47.0 Å². The van der Waals surface area contributed by atoms with Crippen molar-refractivity contribution in [3.8, 4) is 0 Å². The van der Waals surface area contributed by atoms with E-state index in [1.165, 1.54) is 6.08 Å². The van der Waals surface area contributed by atoms with Crippen LogP contribution in [0, 0.1) is 0 Å². The molecule has 1 unspecified atom stereocenters. The third-order valence-corrected chi connectivity index (χ3v) is 6.51. The molecule has 2 aliphatic heterocycles. The van der Waals surface area contributed by atoms with Crippen molar-refractivity contribution in [2.24, 2.45) is 0 Å². The van der Waals surface area contributed by atoms with Crippen molar-refractivity contribution in [1.82, 2.24) is 9.80 Å². The van der Waals surface area contributed by atoms with Crippen molar-refractivity contribution in [3.05, 3.63) is 69.6 Å². The molecular formula is C25H37F2N2O2P. The lowest BCUT2D eigenvalue weighted by Crippen LogP contribution is -2.21. The summed E-state index contributed by atoms with van der Waals surface area (Å²) < 4.78 is 32.4. The molecule has 2 atom stereocenters. The van der Waals surface area contributed by atoms with Crippen molar-refractivity contribution in [1.29, 1.82) is 0 Å². The maximum Gasteiger partial charge on any atom is 0.129 e.